The topological polar surface area (TPSA) is 54.8 Å². The first kappa shape index (κ1) is 16.7. The number of pyridine rings is 2. The third kappa shape index (κ3) is 3.18. The van der Waals surface area contributed by atoms with Crippen LogP contribution in [0.2, 0.25) is 0 Å². The average molecular weight is 359 g/mol. The van der Waals surface area contributed by atoms with Gasteiger partial charge in [-0.3, -0.25) is 9.97 Å². The van der Waals surface area contributed by atoms with Crippen LogP contribution in [0.3, 0.4) is 0 Å². The van der Waals surface area contributed by atoms with Crippen LogP contribution in [0.25, 0.3) is 22.3 Å². The van der Waals surface area contributed by atoms with E-state index >= 15 is 0 Å². The maximum atomic E-state index is 13.2. The van der Waals surface area contributed by atoms with Crippen LogP contribution in [-0.2, 0) is 0 Å². The highest BCUT2D eigenvalue weighted by Gasteiger charge is 2.42. The zero-order chi connectivity index (χ0) is 18.1. The summed E-state index contributed by atoms with van der Waals surface area (Å²) in [7, 11) is 0. The second-order valence-corrected chi connectivity index (χ2v) is 6.33. The van der Waals surface area contributed by atoms with Crippen LogP contribution in [-0.4, -0.2) is 39.2 Å². The highest BCUT2D eigenvalue weighted by atomic mass is 19.4. The van der Waals surface area contributed by atoms with Crippen LogP contribution >= 0.6 is 0 Å². The average Bonchev–Trinajstić information content (AvgIpc) is 2.67. The zero-order valence-corrected chi connectivity index (χ0v) is 13.8. The normalized spacial score (nSPS) is 18.3. The van der Waals surface area contributed by atoms with E-state index in [1.165, 1.54) is 0 Å². The molecule has 0 N–H and O–H groups in total. The first-order chi connectivity index (χ1) is 12.5. The Kier molecular flexibility index (Phi) is 4.18. The lowest BCUT2D eigenvalue weighted by molar-refractivity contribution is -0.176. The monoisotopic (exact) mass is 359 g/mol. The summed E-state index contributed by atoms with van der Waals surface area (Å²) in [5.74, 6) is -0.359. The number of nitrogens with zero attached hydrogens (tertiary/aromatic N) is 5. The molecule has 134 valence electrons. The molecule has 3 aromatic heterocycles. The number of fused-ring (bicyclic) bond motifs is 1. The Morgan fingerprint density at radius 3 is 2.54 bits per heavy atom. The van der Waals surface area contributed by atoms with Gasteiger partial charge in [0.25, 0.3) is 0 Å². The van der Waals surface area contributed by atoms with Crippen molar-refractivity contribution < 1.29 is 13.2 Å². The van der Waals surface area contributed by atoms with E-state index in [1.54, 1.807) is 47.9 Å². The summed E-state index contributed by atoms with van der Waals surface area (Å²) in [5, 5.41) is 0.709. The molecule has 5 nitrogen and oxygen atoms in total. The van der Waals surface area contributed by atoms with Crippen molar-refractivity contribution in [1.82, 2.24) is 19.9 Å². The number of anilines is 1. The lowest BCUT2D eigenvalue weighted by Crippen LogP contribution is -2.42. The fourth-order valence-corrected chi connectivity index (χ4v) is 3.27. The number of rotatable bonds is 2. The smallest absolute Gasteiger partial charge is 0.355 e. The van der Waals surface area contributed by atoms with Crippen molar-refractivity contribution in [2.45, 2.75) is 19.0 Å². The second kappa shape index (κ2) is 6.51. The predicted octanol–water partition coefficient (Wildman–Crippen LogP) is 3.87. The minimum atomic E-state index is -4.20. The van der Waals surface area contributed by atoms with Gasteiger partial charge >= 0.3 is 6.18 Å². The number of hydrogen-bond acceptors (Lipinski definition) is 5. The van der Waals surface area contributed by atoms with Crippen molar-refractivity contribution >= 4 is 16.7 Å². The van der Waals surface area contributed by atoms with Gasteiger partial charge in [-0.25, -0.2) is 9.97 Å². The van der Waals surface area contributed by atoms with Gasteiger partial charge < -0.3 is 4.90 Å². The maximum Gasteiger partial charge on any atom is 0.393 e. The molecule has 0 aromatic carbocycles. The van der Waals surface area contributed by atoms with Gasteiger partial charge in [-0.1, -0.05) is 0 Å². The molecule has 4 heterocycles. The third-order valence-electron chi connectivity index (χ3n) is 4.60. The molecular weight excluding hydrogens is 343 g/mol. The molecule has 4 rings (SSSR count). The van der Waals surface area contributed by atoms with E-state index < -0.39 is 12.1 Å². The molecule has 1 aliphatic heterocycles. The van der Waals surface area contributed by atoms with Gasteiger partial charge in [0, 0.05) is 42.6 Å². The summed E-state index contributed by atoms with van der Waals surface area (Å²) in [6.45, 7) is 0.449. The van der Waals surface area contributed by atoms with E-state index in [0.717, 1.165) is 5.56 Å². The van der Waals surface area contributed by atoms with Gasteiger partial charge in [0.1, 0.15) is 5.82 Å². The van der Waals surface area contributed by atoms with Crippen LogP contribution in [0, 0.1) is 5.92 Å². The molecule has 0 bridgehead atoms. The molecule has 26 heavy (non-hydrogen) atoms. The van der Waals surface area contributed by atoms with E-state index in [4.69, 9.17) is 0 Å². The molecule has 0 amide bonds. The molecule has 8 heteroatoms. The molecule has 1 saturated heterocycles. The molecule has 0 saturated carbocycles. The van der Waals surface area contributed by atoms with Crippen molar-refractivity contribution in [3.8, 4) is 11.4 Å². The Morgan fingerprint density at radius 2 is 1.77 bits per heavy atom. The lowest BCUT2D eigenvalue weighted by atomic mass is 9.97. The van der Waals surface area contributed by atoms with Crippen molar-refractivity contribution in [3.63, 3.8) is 0 Å². The molecule has 0 radical (unpaired) electrons. The molecule has 1 fully saturated rings. The zero-order valence-electron chi connectivity index (χ0n) is 13.8. The summed E-state index contributed by atoms with van der Waals surface area (Å²) in [6.07, 6.45) is 2.91. The minimum Gasteiger partial charge on any atom is -0.355 e. The minimum absolute atomic E-state index is 0.0896. The molecule has 0 spiro atoms. The Bertz CT molecular complexity index is 914. The van der Waals surface area contributed by atoms with Crippen molar-refractivity contribution in [2.24, 2.45) is 5.92 Å². The van der Waals surface area contributed by atoms with E-state index in [2.05, 4.69) is 19.9 Å². The Morgan fingerprint density at radius 1 is 1.00 bits per heavy atom. The number of halogens is 3. The van der Waals surface area contributed by atoms with Crippen LogP contribution in [0.15, 0.2) is 43.0 Å². The molecule has 1 aliphatic rings. The lowest BCUT2D eigenvalue weighted by Gasteiger charge is -2.35. The van der Waals surface area contributed by atoms with Crippen LogP contribution in [0.5, 0.6) is 0 Å². The van der Waals surface area contributed by atoms with Crippen molar-refractivity contribution in [3.05, 3.63) is 43.0 Å². The summed E-state index contributed by atoms with van der Waals surface area (Å²) in [5.41, 5.74) is 1.37. The quantitative estimate of drug-likeness (QED) is 0.695. The van der Waals surface area contributed by atoms with Gasteiger partial charge in [0.15, 0.2) is 5.82 Å². The Labute approximate surface area is 147 Å². The Balaban J connectivity index is 1.81. The van der Waals surface area contributed by atoms with Crippen LogP contribution < -0.4 is 4.90 Å². The summed E-state index contributed by atoms with van der Waals surface area (Å²) >= 11 is 0. The van der Waals surface area contributed by atoms with Crippen molar-refractivity contribution in [2.75, 3.05) is 18.0 Å². The molecule has 0 aliphatic carbocycles. The first-order valence-electron chi connectivity index (χ1n) is 8.36. The SMILES string of the molecule is FC(F)(F)[C@@H]1CCCN(c2nc(-c3ccncc3)nc3cnccc23)C1. The maximum absolute atomic E-state index is 13.2. The Hall–Kier alpha value is -2.77. The van der Waals surface area contributed by atoms with E-state index in [0.29, 0.717) is 35.5 Å². The molecular formula is C18H16F3N5. The fourth-order valence-electron chi connectivity index (χ4n) is 3.27. The largest absolute Gasteiger partial charge is 0.393 e. The number of piperidine rings is 1. The summed E-state index contributed by atoms with van der Waals surface area (Å²) < 4.78 is 39.6. The van der Waals surface area contributed by atoms with Gasteiger partial charge in [-0.05, 0) is 31.0 Å². The fraction of sp³-hybridized carbons (Fsp3) is 0.333. The molecule has 3 aromatic rings. The summed E-state index contributed by atoms with van der Waals surface area (Å²) in [6, 6.07) is 5.30. The van der Waals surface area contributed by atoms with Crippen molar-refractivity contribution in [1.29, 1.82) is 0 Å². The number of alkyl halides is 3. The first-order valence-corrected chi connectivity index (χ1v) is 8.36. The second-order valence-electron chi connectivity index (χ2n) is 6.33. The molecule has 1 atom stereocenters. The van der Waals surface area contributed by atoms with Crippen LogP contribution in [0.4, 0.5) is 19.0 Å². The summed E-state index contributed by atoms with van der Waals surface area (Å²) in [4.78, 5) is 18.9. The highest BCUT2D eigenvalue weighted by Crippen LogP contribution is 2.36. The third-order valence-corrected chi connectivity index (χ3v) is 4.60. The number of hydrogen-bond donors (Lipinski definition) is 0. The van der Waals surface area contributed by atoms with Gasteiger partial charge in [0.05, 0.1) is 17.6 Å². The van der Waals surface area contributed by atoms with E-state index in [-0.39, 0.29) is 13.0 Å². The van der Waals surface area contributed by atoms with Crippen LogP contribution in [0.1, 0.15) is 12.8 Å². The van der Waals surface area contributed by atoms with E-state index in [9.17, 15) is 13.2 Å². The van der Waals surface area contributed by atoms with Gasteiger partial charge in [0.2, 0.25) is 0 Å². The predicted molar refractivity (Wildman–Crippen MR) is 91.6 cm³/mol. The molecule has 0 unspecified atom stereocenters. The standard InChI is InChI=1S/C18H16F3N5/c19-18(20,21)13-2-1-9-26(11-13)17-14-5-8-23-10-15(14)24-16(25-17)12-3-6-22-7-4-12/h3-8,10,13H,1-2,9,11H2/t13-/m1/s1. The number of aromatic nitrogens is 4. The van der Waals surface area contributed by atoms with Gasteiger partial charge in [-0.15, -0.1) is 0 Å². The highest BCUT2D eigenvalue weighted by molar-refractivity contribution is 5.90. The van der Waals surface area contributed by atoms with Gasteiger partial charge in [-0.2, -0.15) is 13.2 Å². The van der Waals surface area contributed by atoms with E-state index in [1.807, 2.05) is 0 Å².